The summed E-state index contributed by atoms with van der Waals surface area (Å²) < 4.78 is 0. The summed E-state index contributed by atoms with van der Waals surface area (Å²) in [5.74, 6) is -1.32. The minimum Gasteiger partial charge on any atom is -0.478 e. The van der Waals surface area contributed by atoms with Gasteiger partial charge in [0.2, 0.25) is 5.91 Å². The first-order valence-corrected chi connectivity index (χ1v) is 14.6. The lowest BCUT2D eigenvalue weighted by atomic mass is 9.74. The van der Waals surface area contributed by atoms with Gasteiger partial charge >= 0.3 is 5.97 Å². The third kappa shape index (κ3) is 6.44. The fourth-order valence-electron chi connectivity index (χ4n) is 4.71. The summed E-state index contributed by atoms with van der Waals surface area (Å²) in [6, 6.07) is 14.6. The molecule has 2 N–H and O–H groups in total. The van der Waals surface area contributed by atoms with Gasteiger partial charge in [0.15, 0.2) is 0 Å². The lowest BCUT2D eigenvalue weighted by Gasteiger charge is -2.31. The van der Waals surface area contributed by atoms with E-state index in [1.165, 1.54) is 11.3 Å². The quantitative estimate of drug-likeness (QED) is 0.245. The Bertz CT molecular complexity index is 1400. The first kappa shape index (κ1) is 29.0. The van der Waals surface area contributed by atoms with Crippen LogP contribution in [0.3, 0.4) is 0 Å². The van der Waals surface area contributed by atoms with E-state index in [1.54, 1.807) is 24.3 Å². The molecule has 4 rings (SSSR count). The Kier molecular flexibility index (Phi) is 9.62. The normalized spacial score (nSPS) is 17.1. The van der Waals surface area contributed by atoms with Gasteiger partial charge in [0.05, 0.1) is 15.7 Å². The van der Waals surface area contributed by atoms with Crippen LogP contribution in [0.4, 0.5) is 0 Å². The molecule has 39 heavy (non-hydrogen) atoms. The molecule has 0 saturated heterocycles. The molecule has 1 aliphatic carbocycles. The molecule has 2 aromatic carbocycles. The minimum atomic E-state index is -1.26. The maximum atomic E-state index is 13.9. The predicted molar refractivity (Wildman–Crippen MR) is 159 cm³/mol. The fourth-order valence-corrected chi connectivity index (χ4v) is 6.01. The molecule has 0 bridgehead atoms. The zero-order chi connectivity index (χ0) is 28.0. The number of hydrogen-bond acceptors (Lipinski definition) is 5. The number of rotatable bonds is 11. The number of nitrogens with zero attached hydrogens (tertiary/aromatic N) is 2. The number of aromatic nitrogens is 1. The van der Waals surface area contributed by atoms with Crippen molar-refractivity contribution in [2.45, 2.75) is 32.1 Å². The molecule has 1 aliphatic rings. The highest BCUT2D eigenvalue weighted by atomic mass is 35.5. The fraction of sp³-hybridized carbons (Fsp3) is 0.300. The number of amides is 1. The van der Waals surface area contributed by atoms with Crippen LogP contribution in [0.1, 0.15) is 37.3 Å². The van der Waals surface area contributed by atoms with Crippen LogP contribution in [0.15, 0.2) is 71.6 Å². The Morgan fingerprint density at radius 2 is 1.82 bits per heavy atom. The molecule has 3 aromatic rings. The average Bonchev–Trinajstić information content (AvgIpc) is 3.45. The molecule has 1 aromatic heterocycles. The maximum absolute atomic E-state index is 13.9. The molecule has 1 atom stereocenters. The summed E-state index contributed by atoms with van der Waals surface area (Å²) in [5.41, 5.74) is 1.70. The Balaban J connectivity index is 1.70. The number of allylic oxidation sites excluding steroid dienone is 2. The summed E-state index contributed by atoms with van der Waals surface area (Å²) in [6.45, 7) is 7.47. The average molecular weight is 585 g/mol. The van der Waals surface area contributed by atoms with Crippen molar-refractivity contribution in [3.05, 3.63) is 92.3 Å². The number of carboxylic acid groups (broad SMARTS) is 1. The first-order valence-electron chi connectivity index (χ1n) is 12.9. The molecule has 204 valence electrons. The second kappa shape index (κ2) is 12.9. The van der Waals surface area contributed by atoms with Crippen LogP contribution in [0.2, 0.25) is 10.0 Å². The van der Waals surface area contributed by atoms with Gasteiger partial charge in [-0.25, -0.2) is 9.78 Å². The molecular formula is C30H31Cl2N3O3S. The summed E-state index contributed by atoms with van der Waals surface area (Å²) in [6.07, 6.45) is 4.33. The van der Waals surface area contributed by atoms with Gasteiger partial charge in [-0.2, -0.15) is 0 Å². The molecule has 9 heteroatoms. The molecule has 0 radical (unpaired) electrons. The highest BCUT2D eigenvalue weighted by Crippen LogP contribution is 2.43. The lowest BCUT2D eigenvalue weighted by molar-refractivity contribution is -0.133. The van der Waals surface area contributed by atoms with E-state index < -0.39 is 11.4 Å². The predicted octanol–water partition coefficient (Wildman–Crippen LogP) is 6.70. The summed E-state index contributed by atoms with van der Waals surface area (Å²) >= 11 is 13.7. The minimum absolute atomic E-state index is 0.0146. The van der Waals surface area contributed by atoms with Crippen LogP contribution >= 0.6 is 34.5 Å². The Labute approximate surface area is 243 Å². The monoisotopic (exact) mass is 583 g/mol. The highest BCUT2D eigenvalue weighted by molar-refractivity contribution is 7.10. The molecule has 6 nitrogen and oxygen atoms in total. The van der Waals surface area contributed by atoms with Crippen molar-refractivity contribution in [3.8, 4) is 11.3 Å². The number of carbonyl (C=O) groups excluding carboxylic acids is 1. The molecule has 1 unspecified atom stereocenters. The molecule has 0 spiro atoms. The van der Waals surface area contributed by atoms with E-state index in [9.17, 15) is 14.7 Å². The largest absolute Gasteiger partial charge is 0.478 e. The molecule has 0 aliphatic heterocycles. The molecule has 0 saturated carbocycles. The Hall–Kier alpha value is -2.97. The number of hydrogen-bond donors (Lipinski definition) is 2. The Morgan fingerprint density at radius 3 is 2.49 bits per heavy atom. The van der Waals surface area contributed by atoms with Crippen molar-refractivity contribution in [1.82, 2.24) is 15.2 Å². The van der Waals surface area contributed by atoms with Gasteiger partial charge in [-0.1, -0.05) is 85.6 Å². The number of benzene rings is 2. The number of halogens is 2. The first-order chi connectivity index (χ1) is 18.8. The van der Waals surface area contributed by atoms with Crippen LogP contribution in [0.25, 0.3) is 16.8 Å². The third-order valence-corrected chi connectivity index (χ3v) is 8.75. The number of thiazole rings is 1. The van der Waals surface area contributed by atoms with Crippen molar-refractivity contribution in [3.63, 3.8) is 0 Å². The van der Waals surface area contributed by atoms with E-state index in [0.29, 0.717) is 32.9 Å². The van der Waals surface area contributed by atoms with Crippen molar-refractivity contribution in [2.24, 2.45) is 0 Å². The van der Waals surface area contributed by atoms with Crippen molar-refractivity contribution >= 4 is 52.0 Å². The van der Waals surface area contributed by atoms with Crippen LogP contribution < -0.4 is 5.32 Å². The number of aliphatic carboxylic acids is 1. The maximum Gasteiger partial charge on any atom is 0.332 e. The summed E-state index contributed by atoms with van der Waals surface area (Å²) in [5, 5.41) is 16.5. The zero-order valence-electron chi connectivity index (χ0n) is 21.9. The standard InChI is InChI=1S/C30H31Cl2N3O3S/c1-3-35(4-2)16-8-15-33-28(38)30(29-34-26(19-39-29)21-11-12-24(31)25(32)17-21)14-13-22(23(18-30)27(36)37)20-9-6-5-7-10-20/h5-7,9-14,17,19H,3-4,8,15-16,18H2,1-2H3,(H,33,38)(H,36,37). The van der Waals surface area contributed by atoms with E-state index in [4.69, 9.17) is 28.2 Å². The van der Waals surface area contributed by atoms with E-state index in [0.717, 1.165) is 37.2 Å². The topological polar surface area (TPSA) is 82.5 Å². The van der Waals surface area contributed by atoms with Gasteiger partial charge in [-0.3, -0.25) is 4.79 Å². The second-order valence-electron chi connectivity index (χ2n) is 9.35. The summed E-state index contributed by atoms with van der Waals surface area (Å²) in [7, 11) is 0. The lowest BCUT2D eigenvalue weighted by Crippen LogP contribution is -2.45. The molecule has 1 amide bonds. The van der Waals surface area contributed by atoms with Crippen molar-refractivity contribution < 1.29 is 14.7 Å². The van der Waals surface area contributed by atoms with Gasteiger partial charge in [0.1, 0.15) is 10.4 Å². The highest BCUT2D eigenvalue weighted by Gasteiger charge is 2.45. The van der Waals surface area contributed by atoms with E-state index in [2.05, 4.69) is 24.1 Å². The number of nitrogens with one attached hydrogen (secondary N) is 1. The van der Waals surface area contributed by atoms with Crippen molar-refractivity contribution in [2.75, 3.05) is 26.2 Å². The van der Waals surface area contributed by atoms with Gasteiger partial charge < -0.3 is 15.3 Å². The van der Waals surface area contributed by atoms with E-state index in [1.807, 2.05) is 41.8 Å². The van der Waals surface area contributed by atoms with Gasteiger partial charge in [0.25, 0.3) is 0 Å². The molecule has 0 fully saturated rings. The smallest absolute Gasteiger partial charge is 0.332 e. The van der Waals surface area contributed by atoms with Crippen LogP contribution in [0, 0.1) is 0 Å². The van der Waals surface area contributed by atoms with E-state index in [-0.39, 0.29) is 17.9 Å². The summed E-state index contributed by atoms with van der Waals surface area (Å²) in [4.78, 5) is 33.5. The van der Waals surface area contributed by atoms with Crippen LogP contribution in [-0.4, -0.2) is 53.0 Å². The number of carbonyl (C=O) groups is 2. The van der Waals surface area contributed by atoms with Gasteiger partial charge in [-0.05, 0) is 49.3 Å². The Morgan fingerprint density at radius 1 is 1.08 bits per heavy atom. The van der Waals surface area contributed by atoms with Crippen LogP contribution in [-0.2, 0) is 15.0 Å². The van der Waals surface area contributed by atoms with Gasteiger partial charge in [0, 0.05) is 29.5 Å². The van der Waals surface area contributed by atoms with Crippen LogP contribution in [0.5, 0.6) is 0 Å². The van der Waals surface area contributed by atoms with Gasteiger partial charge in [-0.15, -0.1) is 11.3 Å². The second-order valence-corrected chi connectivity index (χ2v) is 11.0. The third-order valence-electron chi connectivity index (χ3n) is 7.00. The zero-order valence-corrected chi connectivity index (χ0v) is 24.2. The molecule has 1 heterocycles. The van der Waals surface area contributed by atoms with Crippen molar-refractivity contribution in [1.29, 1.82) is 0 Å². The number of carboxylic acids is 1. The van der Waals surface area contributed by atoms with E-state index >= 15 is 0 Å². The molecular weight excluding hydrogens is 553 g/mol. The SMILES string of the molecule is CCN(CC)CCCNC(=O)C1(c2nc(-c3ccc(Cl)c(Cl)c3)cs2)C=CC(c2ccccc2)=C(C(=O)O)C1.